The van der Waals surface area contributed by atoms with Crippen molar-refractivity contribution in [2.24, 2.45) is 5.41 Å². The van der Waals surface area contributed by atoms with Crippen molar-refractivity contribution in [2.45, 2.75) is 58.9 Å². The minimum atomic E-state index is -0.337. The molecule has 0 aliphatic carbocycles. The van der Waals surface area contributed by atoms with Gasteiger partial charge in [0.25, 0.3) is 0 Å². The minimum Gasteiger partial charge on any atom is -0.354 e. The fourth-order valence-electron chi connectivity index (χ4n) is 2.00. The standard InChI is InChI=1S/C13H26N2O/c1-12(2,3)8-10-14-11(16)13(4)7-5-6-9-15-13/h15H,5-10H2,1-4H3,(H,14,16). The molecule has 1 rings (SSSR count). The zero-order valence-electron chi connectivity index (χ0n) is 11.2. The van der Waals surface area contributed by atoms with Crippen molar-refractivity contribution >= 4 is 5.91 Å². The number of amides is 1. The zero-order valence-corrected chi connectivity index (χ0v) is 11.2. The summed E-state index contributed by atoms with van der Waals surface area (Å²) in [4.78, 5) is 12.0. The highest BCUT2D eigenvalue weighted by molar-refractivity contribution is 5.85. The Hall–Kier alpha value is -0.570. The summed E-state index contributed by atoms with van der Waals surface area (Å²) >= 11 is 0. The SMILES string of the molecule is CC(C)(C)CCNC(=O)C1(C)CCCCN1. The largest absolute Gasteiger partial charge is 0.354 e. The van der Waals surface area contributed by atoms with E-state index in [0.717, 1.165) is 32.4 Å². The van der Waals surface area contributed by atoms with E-state index in [4.69, 9.17) is 0 Å². The van der Waals surface area contributed by atoms with Crippen LogP contribution < -0.4 is 10.6 Å². The van der Waals surface area contributed by atoms with Crippen LogP contribution in [0.2, 0.25) is 0 Å². The second-order valence-electron chi connectivity index (χ2n) is 6.28. The summed E-state index contributed by atoms with van der Waals surface area (Å²) in [5.41, 5.74) is -0.0513. The maximum atomic E-state index is 12.0. The van der Waals surface area contributed by atoms with E-state index in [1.165, 1.54) is 6.42 Å². The van der Waals surface area contributed by atoms with Crippen LogP contribution in [0.15, 0.2) is 0 Å². The van der Waals surface area contributed by atoms with Gasteiger partial charge in [0.2, 0.25) is 5.91 Å². The van der Waals surface area contributed by atoms with E-state index in [-0.39, 0.29) is 16.9 Å². The van der Waals surface area contributed by atoms with E-state index in [9.17, 15) is 4.79 Å². The van der Waals surface area contributed by atoms with Crippen molar-refractivity contribution in [3.63, 3.8) is 0 Å². The average Bonchev–Trinajstić information content (AvgIpc) is 2.16. The molecule has 0 aromatic rings. The van der Waals surface area contributed by atoms with Crippen molar-refractivity contribution in [1.29, 1.82) is 0 Å². The van der Waals surface area contributed by atoms with E-state index in [1.54, 1.807) is 0 Å². The molecule has 1 saturated heterocycles. The third-order valence-electron chi connectivity index (χ3n) is 3.28. The lowest BCUT2D eigenvalue weighted by Crippen LogP contribution is -2.57. The fourth-order valence-corrected chi connectivity index (χ4v) is 2.00. The second-order valence-corrected chi connectivity index (χ2v) is 6.28. The molecule has 1 atom stereocenters. The van der Waals surface area contributed by atoms with Gasteiger partial charge in [-0.2, -0.15) is 0 Å². The van der Waals surface area contributed by atoms with Gasteiger partial charge >= 0.3 is 0 Å². The Balaban J connectivity index is 2.34. The molecule has 1 aliphatic heterocycles. The molecular formula is C13H26N2O. The smallest absolute Gasteiger partial charge is 0.240 e. The van der Waals surface area contributed by atoms with Gasteiger partial charge in [-0.15, -0.1) is 0 Å². The van der Waals surface area contributed by atoms with Gasteiger partial charge in [-0.25, -0.2) is 0 Å². The van der Waals surface area contributed by atoms with E-state index < -0.39 is 0 Å². The average molecular weight is 226 g/mol. The summed E-state index contributed by atoms with van der Waals surface area (Å²) in [5, 5.41) is 6.38. The highest BCUT2D eigenvalue weighted by Crippen LogP contribution is 2.20. The number of piperidine rings is 1. The molecular weight excluding hydrogens is 200 g/mol. The first-order chi connectivity index (χ1) is 7.33. The molecule has 16 heavy (non-hydrogen) atoms. The molecule has 0 spiro atoms. The lowest BCUT2D eigenvalue weighted by Gasteiger charge is -2.33. The molecule has 3 nitrogen and oxygen atoms in total. The predicted molar refractivity (Wildman–Crippen MR) is 67.3 cm³/mol. The topological polar surface area (TPSA) is 41.1 Å². The molecule has 1 heterocycles. The van der Waals surface area contributed by atoms with Gasteiger partial charge in [0.05, 0.1) is 5.54 Å². The van der Waals surface area contributed by atoms with E-state index in [0.29, 0.717) is 0 Å². The van der Waals surface area contributed by atoms with Crippen LogP contribution in [-0.2, 0) is 4.79 Å². The third kappa shape index (κ3) is 4.12. The number of rotatable bonds is 3. The van der Waals surface area contributed by atoms with Crippen LogP contribution in [-0.4, -0.2) is 24.5 Å². The van der Waals surface area contributed by atoms with Crippen LogP contribution in [0.25, 0.3) is 0 Å². The van der Waals surface area contributed by atoms with Gasteiger partial charge in [0, 0.05) is 6.54 Å². The second kappa shape index (κ2) is 5.17. The number of hydrogen-bond donors (Lipinski definition) is 2. The first kappa shape index (κ1) is 13.5. The van der Waals surface area contributed by atoms with Crippen LogP contribution in [0.4, 0.5) is 0 Å². The van der Waals surface area contributed by atoms with Crippen LogP contribution >= 0.6 is 0 Å². The minimum absolute atomic E-state index is 0.163. The first-order valence-corrected chi connectivity index (χ1v) is 6.37. The Bertz CT molecular complexity index is 237. The maximum Gasteiger partial charge on any atom is 0.240 e. The molecule has 1 unspecified atom stereocenters. The Morgan fingerprint density at radius 2 is 2.06 bits per heavy atom. The summed E-state index contributed by atoms with van der Waals surface area (Å²) < 4.78 is 0. The third-order valence-corrected chi connectivity index (χ3v) is 3.28. The van der Waals surface area contributed by atoms with Crippen molar-refractivity contribution in [3.8, 4) is 0 Å². The van der Waals surface area contributed by atoms with Crippen molar-refractivity contribution in [2.75, 3.05) is 13.1 Å². The van der Waals surface area contributed by atoms with Gasteiger partial charge in [0.1, 0.15) is 0 Å². The quantitative estimate of drug-likeness (QED) is 0.773. The number of carbonyl (C=O) groups is 1. The monoisotopic (exact) mass is 226 g/mol. The number of carbonyl (C=O) groups excluding carboxylic acids is 1. The van der Waals surface area contributed by atoms with Gasteiger partial charge in [-0.05, 0) is 44.6 Å². The van der Waals surface area contributed by atoms with Gasteiger partial charge in [-0.3, -0.25) is 4.79 Å². The van der Waals surface area contributed by atoms with Crippen LogP contribution in [0.5, 0.6) is 0 Å². The van der Waals surface area contributed by atoms with E-state index in [2.05, 4.69) is 31.4 Å². The molecule has 94 valence electrons. The number of nitrogens with one attached hydrogen (secondary N) is 2. The van der Waals surface area contributed by atoms with Gasteiger partial charge in [0.15, 0.2) is 0 Å². The lowest BCUT2D eigenvalue weighted by molar-refractivity contribution is -0.128. The van der Waals surface area contributed by atoms with Gasteiger partial charge < -0.3 is 10.6 Å². The summed E-state index contributed by atoms with van der Waals surface area (Å²) in [7, 11) is 0. The summed E-state index contributed by atoms with van der Waals surface area (Å²) in [5.74, 6) is 0.163. The molecule has 1 amide bonds. The molecule has 0 saturated carbocycles. The van der Waals surface area contributed by atoms with Crippen LogP contribution in [0, 0.1) is 5.41 Å². The van der Waals surface area contributed by atoms with Crippen molar-refractivity contribution in [3.05, 3.63) is 0 Å². The van der Waals surface area contributed by atoms with E-state index >= 15 is 0 Å². The Morgan fingerprint density at radius 3 is 2.56 bits per heavy atom. The molecule has 2 N–H and O–H groups in total. The molecule has 0 bridgehead atoms. The predicted octanol–water partition coefficient (Wildman–Crippen LogP) is 2.07. The highest BCUT2D eigenvalue weighted by atomic mass is 16.2. The molecule has 0 aromatic heterocycles. The Kier molecular flexibility index (Phi) is 4.36. The molecule has 0 aromatic carbocycles. The van der Waals surface area contributed by atoms with Crippen LogP contribution in [0.3, 0.4) is 0 Å². The molecule has 0 radical (unpaired) electrons. The Morgan fingerprint density at radius 1 is 1.38 bits per heavy atom. The van der Waals surface area contributed by atoms with Crippen molar-refractivity contribution in [1.82, 2.24) is 10.6 Å². The summed E-state index contributed by atoms with van der Waals surface area (Å²) in [6, 6.07) is 0. The van der Waals surface area contributed by atoms with E-state index in [1.807, 2.05) is 6.92 Å². The van der Waals surface area contributed by atoms with Gasteiger partial charge in [-0.1, -0.05) is 20.8 Å². The zero-order chi connectivity index (χ0) is 12.2. The molecule has 1 aliphatic rings. The van der Waals surface area contributed by atoms with Crippen LogP contribution in [0.1, 0.15) is 53.4 Å². The maximum absolute atomic E-state index is 12.0. The summed E-state index contributed by atoms with van der Waals surface area (Å²) in [6.07, 6.45) is 4.31. The fraction of sp³-hybridized carbons (Fsp3) is 0.923. The highest BCUT2D eigenvalue weighted by Gasteiger charge is 2.33. The van der Waals surface area contributed by atoms with Crippen molar-refractivity contribution < 1.29 is 4.79 Å². The molecule has 1 fully saturated rings. The lowest BCUT2D eigenvalue weighted by atomic mass is 9.89. The normalized spacial score (nSPS) is 26.5. The number of hydrogen-bond acceptors (Lipinski definition) is 2. The Labute approximate surface area is 99.4 Å². The summed E-state index contributed by atoms with van der Waals surface area (Å²) in [6.45, 7) is 10.3. The first-order valence-electron chi connectivity index (χ1n) is 6.37. The molecule has 3 heteroatoms.